The number of non-ortho nitro benzene ring substituents is 1. The predicted octanol–water partition coefficient (Wildman–Crippen LogP) is 5.28. The lowest BCUT2D eigenvalue weighted by Crippen LogP contribution is -2.48. The van der Waals surface area contributed by atoms with E-state index in [0.717, 1.165) is 60.3 Å². The maximum Gasteiger partial charge on any atom is 0.270 e. The van der Waals surface area contributed by atoms with Gasteiger partial charge < -0.3 is 14.4 Å². The van der Waals surface area contributed by atoms with Crippen molar-refractivity contribution in [3.63, 3.8) is 0 Å². The molecule has 1 aromatic heterocycles. The number of rotatable bonds is 8. The van der Waals surface area contributed by atoms with E-state index in [-0.39, 0.29) is 22.4 Å². The summed E-state index contributed by atoms with van der Waals surface area (Å²) >= 11 is 0. The normalized spacial score (nSPS) is 15.1. The quantitative estimate of drug-likeness (QED) is 0.246. The van der Waals surface area contributed by atoms with Gasteiger partial charge in [-0.3, -0.25) is 14.9 Å². The number of amides is 1. The highest BCUT2D eigenvalue weighted by Crippen LogP contribution is 2.37. The second-order valence-electron chi connectivity index (χ2n) is 9.64. The number of hydrogen-bond donors (Lipinski definition) is 0. The van der Waals surface area contributed by atoms with Crippen LogP contribution in [0.25, 0.3) is 10.9 Å². The molecule has 0 saturated carbocycles. The summed E-state index contributed by atoms with van der Waals surface area (Å²) in [4.78, 5) is 29.2. The maximum absolute atomic E-state index is 13.6. The Morgan fingerprint density at radius 1 is 0.946 bits per heavy atom. The van der Waals surface area contributed by atoms with Crippen LogP contribution in [-0.2, 0) is 11.3 Å². The van der Waals surface area contributed by atoms with E-state index in [0.29, 0.717) is 13.0 Å². The van der Waals surface area contributed by atoms with Crippen LogP contribution in [0.5, 0.6) is 0 Å². The molecule has 0 N–H and O–H groups in total. The van der Waals surface area contributed by atoms with Crippen LogP contribution < -0.4 is 0 Å². The van der Waals surface area contributed by atoms with E-state index >= 15 is 0 Å². The number of aromatic nitrogens is 1. The van der Waals surface area contributed by atoms with Gasteiger partial charge in [-0.25, -0.2) is 0 Å². The average Bonchev–Trinajstić information content (AvgIpc) is 3.29. The van der Waals surface area contributed by atoms with Crippen LogP contribution in [0.4, 0.5) is 5.69 Å². The first-order valence-electron chi connectivity index (χ1n) is 12.9. The van der Waals surface area contributed by atoms with Gasteiger partial charge in [-0.05, 0) is 29.3 Å². The fourth-order valence-electron chi connectivity index (χ4n) is 5.32. The average molecular weight is 497 g/mol. The summed E-state index contributed by atoms with van der Waals surface area (Å²) in [5.41, 5.74) is 4.11. The van der Waals surface area contributed by atoms with Crippen molar-refractivity contribution in [2.75, 3.05) is 32.7 Å². The molecular formula is C30H32N4O3. The van der Waals surface area contributed by atoms with Crippen molar-refractivity contribution in [3.05, 3.63) is 112 Å². The number of nitro groups is 1. The zero-order chi connectivity index (χ0) is 25.8. The van der Waals surface area contributed by atoms with Crippen molar-refractivity contribution >= 4 is 22.5 Å². The summed E-state index contributed by atoms with van der Waals surface area (Å²) < 4.78 is 2.14. The van der Waals surface area contributed by atoms with Crippen molar-refractivity contribution in [2.45, 2.75) is 25.8 Å². The van der Waals surface area contributed by atoms with E-state index in [1.54, 1.807) is 12.1 Å². The molecular weight excluding hydrogens is 464 g/mol. The first-order chi connectivity index (χ1) is 18.0. The fraction of sp³-hybridized carbons (Fsp3) is 0.300. The maximum atomic E-state index is 13.6. The topological polar surface area (TPSA) is 71.6 Å². The van der Waals surface area contributed by atoms with Gasteiger partial charge in [0.1, 0.15) is 0 Å². The monoisotopic (exact) mass is 496 g/mol. The molecule has 1 fully saturated rings. The summed E-state index contributed by atoms with van der Waals surface area (Å²) in [6.07, 6.45) is 2.41. The van der Waals surface area contributed by atoms with E-state index in [1.165, 1.54) is 0 Å². The Kier molecular flexibility index (Phi) is 7.32. The Hall–Kier alpha value is -3.97. The van der Waals surface area contributed by atoms with Crippen LogP contribution in [0.2, 0.25) is 0 Å². The van der Waals surface area contributed by atoms with E-state index in [9.17, 15) is 14.9 Å². The van der Waals surface area contributed by atoms with Gasteiger partial charge in [-0.15, -0.1) is 0 Å². The van der Waals surface area contributed by atoms with E-state index < -0.39 is 0 Å². The molecule has 7 nitrogen and oxygen atoms in total. The number of nitro benzene ring substituents is 1. The van der Waals surface area contributed by atoms with Gasteiger partial charge in [-0.2, -0.15) is 0 Å². The summed E-state index contributed by atoms with van der Waals surface area (Å²) in [5.74, 6) is -0.0848. The van der Waals surface area contributed by atoms with Crippen LogP contribution in [-0.4, -0.2) is 57.9 Å². The second-order valence-corrected chi connectivity index (χ2v) is 9.64. The van der Waals surface area contributed by atoms with Crippen molar-refractivity contribution in [3.8, 4) is 0 Å². The standard InChI is InChI=1S/C30H32N4O3/c1-2-31-15-17-32(18-16-31)30(35)20-26(24-11-7-4-8-12-24)28-22-33(21-23-9-5-3-6-10-23)29-14-13-25(34(36)37)19-27(28)29/h3-14,19,22,26H,2,15-18,20-21H2,1H3. The first kappa shape index (κ1) is 24.7. The molecule has 0 aliphatic carbocycles. The van der Waals surface area contributed by atoms with Gasteiger partial charge in [0.25, 0.3) is 5.69 Å². The molecule has 1 atom stereocenters. The first-order valence-corrected chi connectivity index (χ1v) is 12.9. The van der Waals surface area contributed by atoms with Crippen LogP contribution in [0.1, 0.15) is 36.0 Å². The third kappa shape index (κ3) is 5.42. The smallest absolute Gasteiger partial charge is 0.270 e. The number of carbonyl (C=O) groups excluding carboxylic acids is 1. The van der Waals surface area contributed by atoms with E-state index in [2.05, 4.69) is 34.7 Å². The molecule has 3 aromatic carbocycles. The molecule has 1 saturated heterocycles. The Morgan fingerprint density at radius 2 is 1.62 bits per heavy atom. The molecule has 2 heterocycles. The third-order valence-corrected chi connectivity index (χ3v) is 7.43. The van der Waals surface area contributed by atoms with Crippen LogP contribution in [0, 0.1) is 10.1 Å². The third-order valence-electron chi connectivity index (χ3n) is 7.43. The van der Waals surface area contributed by atoms with Gasteiger partial charge in [0.15, 0.2) is 0 Å². The number of likely N-dealkylation sites (N-methyl/N-ethyl adjacent to an activating group) is 1. The molecule has 0 spiro atoms. The molecule has 0 bridgehead atoms. The molecule has 37 heavy (non-hydrogen) atoms. The van der Waals surface area contributed by atoms with Crippen molar-refractivity contribution in [2.24, 2.45) is 0 Å². The van der Waals surface area contributed by atoms with E-state index in [4.69, 9.17) is 0 Å². The molecule has 1 aliphatic heterocycles. The molecule has 190 valence electrons. The number of benzene rings is 3. The highest BCUT2D eigenvalue weighted by Gasteiger charge is 2.27. The minimum Gasteiger partial charge on any atom is -0.343 e. The molecule has 7 heteroatoms. The Labute approximate surface area is 217 Å². The number of fused-ring (bicyclic) bond motifs is 1. The van der Waals surface area contributed by atoms with Gasteiger partial charge in [0.05, 0.1) is 4.92 Å². The number of nitrogens with zero attached hydrogens (tertiary/aromatic N) is 4. The summed E-state index contributed by atoms with van der Waals surface area (Å²) in [5, 5.41) is 12.5. The van der Waals surface area contributed by atoms with Crippen molar-refractivity contribution < 1.29 is 9.72 Å². The predicted molar refractivity (Wildman–Crippen MR) is 146 cm³/mol. The zero-order valence-corrected chi connectivity index (χ0v) is 21.1. The largest absolute Gasteiger partial charge is 0.343 e. The van der Waals surface area contributed by atoms with Gasteiger partial charge >= 0.3 is 0 Å². The Bertz CT molecular complexity index is 1380. The lowest BCUT2D eigenvalue weighted by molar-refractivity contribution is -0.384. The van der Waals surface area contributed by atoms with Crippen molar-refractivity contribution in [1.82, 2.24) is 14.4 Å². The minimum absolute atomic E-state index is 0.0556. The molecule has 1 amide bonds. The van der Waals surface area contributed by atoms with E-state index in [1.807, 2.05) is 59.5 Å². The van der Waals surface area contributed by atoms with Crippen LogP contribution >= 0.6 is 0 Å². The highest BCUT2D eigenvalue weighted by molar-refractivity contribution is 5.88. The van der Waals surface area contributed by atoms with Crippen molar-refractivity contribution in [1.29, 1.82) is 0 Å². The lowest BCUT2D eigenvalue weighted by atomic mass is 9.87. The molecule has 4 aromatic rings. The lowest BCUT2D eigenvalue weighted by Gasteiger charge is -2.34. The van der Waals surface area contributed by atoms with Crippen LogP contribution in [0.15, 0.2) is 85.1 Å². The Morgan fingerprint density at radius 3 is 2.27 bits per heavy atom. The highest BCUT2D eigenvalue weighted by atomic mass is 16.6. The zero-order valence-electron chi connectivity index (χ0n) is 21.1. The number of piperazine rings is 1. The molecule has 1 aliphatic rings. The molecule has 0 radical (unpaired) electrons. The summed E-state index contributed by atoms with van der Waals surface area (Å²) in [6, 6.07) is 25.2. The number of carbonyl (C=O) groups is 1. The summed E-state index contributed by atoms with van der Waals surface area (Å²) in [6.45, 7) is 7.03. The van der Waals surface area contributed by atoms with Crippen LogP contribution in [0.3, 0.4) is 0 Å². The van der Waals surface area contributed by atoms with Gasteiger partial charge in [-0.1, -0.05) is 67.6 Å². The number of hydrogen-bond acceptors (Lipinski definition) is 4. The minimum atomic E-state index is -0.354. The Balaban J connectivity index is 1.56. The van der Waals surface area contributed by atoms with Gasteiger partial charge in [0, 0.05) is 74.3 Å². The summed E-state index contributed by atoms with van der Waals surface area (Å²) in [7, 11) is 0. The molecule has 5 rings (SSSR count). The van der Waals surface area contributed by atoms with Gasteiger partial charge in [0.2, 0.25) is 5.91 Å². The SMILES string of the molecule is CCN1CCN(C(=O)CC(c2ccccc2)c2cn(Cc3ccccc3)c3ccc([N+](=O)[O-])cc23)CC1. The fourth-order valence-corrected chi connectivity index (χ4v) is 5.32. The second kappa shape index (κ2) is 11.0. The molecule has 1 unspecified atom stereocenters.